The summed E-state index contributed by atoms with van der Waals surface area (Å²) in [7, 11) is 0. The molecule has 0 saturated carbocycles. The van der Waals surface area contributed by atoms with Crippen molar-refractivity contribution in [2.45, 2.75) is 59.4 Å². The van der Waals surface area contributed by atoms with Gasteiger partial charge in [0.05, 0.1) is 11.2 Å². The molecule has 2 rings (SSSR count). The molecule has 130 valence electrons. The SMILES string of the molecule is Cc1ccc(/C=C/C(=O)Nc2cc(C(C)(C)C)nn2C(C)(C)C)o1. The third-order valence-electron chi connectivity index (χ3n) is 3.52. The highest BCUT2D eigenvalue weighted by Gasteiger charge is 2.25. The van der Waals surface area contributed by atoms with E-state index in [9.17, 15) is 4.79 Å². The molecule has 0 aliphatic rings. The predicted molar refractivity (Wildman–Crippen MR) is 97.0 cm³/mol. The van der Waals surface area contributed by atoms with Gasteiger partial charge in [0.2, 0.25) is 5.91 Å². The molecule has 0 bridgehead atoms. The molecule has 0 atom stereocenters. The highest BCUT2D eigenvalue weighted by Crippen LogP contribution is 2.28. The minimum atomic E-state index is -0.228. The number of aryl methyl sites for hydroxylation is 1. The Morgan fingerprint density at radius 2 is 1.88 bits per heavy atom. The molecule has 0 radical (unpaired) electrons. The third-order valence-corrected chi connectivity index (χ3v) is 3.52. The summed E-state index contributed by atoms with van der Waals surface area (Å²) in [5.41, 5.74) is 0.629. The van der Waals surface area contributed by atoms with Crippen LogP contribution in [0.1, 0.15) is 58.8 Å². The van der Waals surface area contributed by atoms with E-state index in [4.69, 9.17) is 4.42 Å². The Kier molecular flexibility index (Phi) is 4.74. The highest BCUT2D eigenvalue weighted by molar-refractivity contribution is 6.01. The zero-order valence-corrected chi connectivity index (χ0v) is 15.6. The quantitative estimate of drug-likeness (QED) is 0.844. The molecular formula is C19H27N3O2. The Labute approximate surface area is 143 Å². The lowest BCUT2D eigenvalue weighted by Crippen LogP contribution is -2.27. The fraction of sp³-hybridized carbons (Fsp3) is 0.474. The van der Waals surface area contributed by atoms with Crippen LogP contribution in [0.25, 0.3) is 6.08 Å². The molecule has 5 nitrogen and oxygen atoms in total. The molecule has 2 heterocycles. The first kappa shape index (κ1) is 18.0. The number of nitrogens with one attached hydrogen (secondary N) is 1. The molecule has 24 heavy (non-hydrogen) atoms. The van der Waals surface area contributed by atoms with Crippen LogP contribution >= 0.6 is 0 Å². The van der Waals surface area contributed by atoms with Gasteiger partial charge in [0.15, 0.2) is 0 Å². The Balaban J connectivity index is 2.23. The van der Waals surface area contributed by atoms with E-state index in [1.807, 2.05) is 29.8 Å². The van der Waals surface area contributed by atoms with Gasteiger partial charge in [0.25, 0.3) is 0 Å². The molecule has 0 fully saturated rings. The summed E-state index contributed by atoms with van der Waals surface area (Å²) < 4.78 is 7.28. The van der Waals surface area contributed by atoms with Gasteiger partial charge in [0, 0.05) is 17.6 Å². The molecule has 1 amide bonds. The normalized spacial score (nSPS) is 12.8. The van der Waals surface area contributed by atoms with Gasteiger partial charge in [0.1, 0.15) is 17.3 Å². The Bertz CT molecular complexity index is 752. The van der Waals surface area contributed by atoms with E-state index in [0.29, 0.717) is 11.6 Å². The number of hydrogen-bond donors (Lipinski definition) is 1. The van der Waals surface area contributed by atoms with E-state index in [0.717, 1.165) is 11.5 Å². The van der Waals surface area contributed by atoms with Crippen molar-refractivity contribution in [2.75, 3.05) is 5.32 Å². The number of carbonyl (C=O) groups excluding carboxylic acids is 1. The fourth-order valence-corrected chi connectivity index (χ4v) is 2.22. The number of anilines is 1. The van der Waals surface area contributed by atoms with Crippen molar-refractivity contribution >= 4 is 17.8 Å². The summed E-state index contributed by atoms with van der Waals surface area (Å²) in [5.74, 6) is 1.95. The molecule has 0 saturated heterocycles. The number of aromatic nitrogens is 2. The lowest BCUT2D eigenvalue weighted by Gasteiger charge is -2.22. The topological polar surface area (TPSA) is 60.1 Å². The van der Waals surface area contributed by atoms with Crippen molar-refractivity contribution in [3.63, 3.8) is 0 Å². The van der Waals surface area contributed by atoms with E-state index >= 15 is 0 Å². The van der Waals surface area contributed by atoms with E-state index in [2.05, 4.69) is 52.0 Å². The Hall–Kier alpha value is -2.30. The highest BCUT2D eigenvalue weighted by atomic mass is 16.3. The van der Waals surface area contributed by atoms with Gasteiger partial charge in [-0.25, -0.2) is 4.68 Å². The minimum Gasteiger partial charge on any atom is -0.462 e. The first-order valence-electron chi connectivity index (χ1n) is 8.13. The lowest BCUT2D eigenvalue weighted by molar-refractivity contribution is -0.111. The molecule has 0 spiro atoms. The summed E-state index contributed by atoms with van der Waals surface area (Å²) in [6.45, 7) is 14.4. The largest absolute Gasteiger partial charge is 0.462 e. The maximum atomic E-state index is 12.3. The second-order valence-electron chi connectivity index (χ2n) is 8.02. The van der Waals surface area contributed by atoms with Crippen molar-refractivity contribution in [1.29, 1.82) is 0 Å². The van der Waals surface area contributed by atoms with Crippen molar-refractivity contribution in [3.8, 4) is 0 Å². The van der Waals surface area contributed by atoms with Crippen LogP contribution in [0.3, 0.4) is 0 Å². The van der Waals surface area contributed by atoms with Crippen molar-refractivity contribution in [2.24, 2.45) is 0 Å². The average Bonchev–Trinajstić information content (AvgIpc) is 3.01. The number of carbonyl (C=O) groups is 1. The maximum absolute atomic E-state index is 12.3. The van der Waals surface area contributed by atoms with E-state index in [-0.39, 0.29) is 16.9 Å². The first-order chi connectivity index (χ1) is 11.0. The van der Waals surface area contributed by atoms with Gasteiger partial charge < -0.3 is 9.73 Å². The van der Waals surface area contributed by atoms with Crippen molar-refractivity contribution in [1.82, 2.24) is 9.78 Å². The zero-order chi connectivity index (χ0) is 18.1. The fourth-order valence-electron chi connectivity index (χ4n) is 2.22. The lowest BCUT2D eigenvalue weighted by atomic mass is 9.92. The van der Waals surface area contributed by atoms with E-state index in [1.165, 1.54) is 6.08 Å². The van der Waals surface area contributed by atoms with Gasteiger partial charge >= 0.3 is 0 Å². The maximum Gasteiger partial charge on any atom is 0.249 e. The molecule has 1 N–H and O–H groups in total. The van der Waals surface area contributed by atoms with Gasteiger partial charge in [-0.2, -0.15) is 5.10 Å². The molecule has 0 aromatic carbocycles. The second kappa shape index (κ2) is 6.30. The summed E-state index contributed by atoms with van der Waals surface area (Å²) in [5, 5.41) is 7.61. The number of amides is 1. The van der Waals surface area contributed by atoms with E-state index < -0.39 is 0 Å². The summed E-state index contributed by atoms with van der Waals surface area (Å²) >= 11 is 0. The van der Waals surface area contributed by atoms with Gasteiger partial charge in [-0.3, -0.25) is 4.79 Å². The molecule has 0 aliphatic carbocycles. The van der Waals surface area contributed by atoms with Crippen molar-refractivity contribution in [3.05, 3.63) is 41.5 Å². The molecule has 2 aromatic rings. The molecule has 0 aliphatic heterocycles. The standard InChI is InChI=1S/C19H27N3O2/c1-13-8-9-14(24-13)10-11-17(23)20-16-12-15(18(2,3)4)21-22(16)19(5,6)7/h8-12H,1-7H3,(H,20,23)/b11-10+. The smallest absolute Gasteiger partial charge is 0.249 e. The number of hydrogen-bond acceptors (Lipinski definition) is 3. The van der Waals surface area contributed by atoms with Crippen LogP contribution in [0.15, 0.2) is 28.7 Å². The molecule has 5 heteroatoms. The number of furan rings is 1. The summed E-state index contributed by atoms with van der Waals surface area (Å²) in [4.78, 5) is 12.3. The van der Waals surface area contributed by atoms with Gasteiger partial charge in [-0.1, -0.05) is 20.8 Å². The van der Waals surface area contributed by atoms with Gasteiger partial charge in [-0.15, -0.1) is 0 Å². The molecule has 0 unspecified atom stereocenters. The van der Waals surface area contributed by atoms with Crippen LogP contribution in [0.2, 0.25) is 0 Å². The van der Waals surface area contributed by atoms with Crippen LogP contribution in [-0.4, -0.2) is 15.7 Å². The third kappa shape index (κ3) is 4.37. The van der Waals surface area contributed by atoms with Crippen LogP contribution in [-0.2, 0) is 15.7 Å². The zero-order valence-electron chi connectivity index (χ0n) is 15.6. The molecular weight excluding hydrogens is 302 g/mol. The van der Waals surface area contributed by atoms with E-state index in [1.54, 1.807) is 6.08 Å². The Morgan fingerprint density at radius 3 is 2.38 bits per heavy atom. The minimum absolute atomic E-state index is 0.0858. The number of rotatable bonds is 3. The van der Waals surface area contributed by atoms with Crippen molar-refractivity contribution < 1.29 is 9.21 Å². The molecule has 2 aromatic heterocycles. The van der Waals surface area contributed by atoms with Crippen LogP contribution in [0.4, 0.5) is 5.82 Å². The van der Waals surface area contributed by atoms with Crippen LogP contribution < -0.4 is 5.32 Å². The van der Waals surface area contributed by atoms with Gasteiger partial charge in [-0.05, 0) is 45.9 Å². The summed E-state index contributed by atoms with van der Waals surface area (Å²) in [6.07, 6.45) is 3.12. The first-order valence-corrected chi connectivity index (χ1v) is 8.13. The second-order valence-corrected chi connectivity index (χ2v) is 8.02. The number of nitrogens with zero attached hydrogens (tertiary/aromatic N) is 2. The Morgan fingerprint density at radius 1 is 1.21 bits per heavy atom. The average molecular weight is 329 g/mol. The van der Waals surface area contributed by atoms with Crippen LogP contribution in [0.5, 0.6) is 0 Å². The predicted octanol–water partition coefficient (Wildman–Crippen LogP) is 4.49. The summed E-state index contributed by atoms with van der Waals surface area (Å²) in [6, 6.07) is 5.63. The monoisotopic (exact) mass is 329 g/mol. The van der Waals surface area contributed by atoms with Crippen LogP contribution in [0, 0.1) is 6.92 Å².